The predicted molar refractivity (Wildman–Crippen MR) is 44.4 cm³/mol. The van der Waals surface area contributed by atoms with Crippen molar-refractivity contribution in [3.63, 3.8) is 0 Å². The molecule has 0 aliphatic heterocycles. The van der Waals surface area contributed by atoms with E-state index >= 15 is 0 Å². The van der Waals surface area contributed by atoms with Crippen LogP contribution in [0.25, 0.3) is 0 Å². The number of rotatable bonds is 4. The lowest BCUT2D eigenvalue weighted by atomic mass is 9.92. The minimum atomic E-state index is -0.0842. The molecule has 1 fully saturated rings. The van der Waals surface area contributed by atoms with Gasteiger partial charge in [-0.15, -0.1) is 0 Å². The summed E-state index contributed by atoms with van der Waals surface area (Å²) in [5.74, 6) is 0.722. The Morgan fingerprint density at radius 2 is 2.09 bits per heavy atom. The highest BCUT2D eigenvalue weighted by Crippen LogP contribution is 2.23. The summed E-state index contributed by atoms with van der Waals surface area (Å²) in [4.78, 5) is 0. The van der Waals surface area contributed by atoms with Crippen molar-refractivity contribution in [3.8, 4) is 0 Å². The first-order valence-corrected chi connectivity index (χ1v) is 4.48. The molecule has 0 aromatic carbocycles. The molecular weight excluding hydrogens is 140 g/mol. The Balaban J connectivity index is 1.89. The summed E-state index contributed by atoms with van der Waals surface area (Å²) in [5.41, 5.74) is 0. The molecule has 2 nitrogen and oxygen atoms in total. The van der Waals surface area contributed by atoms with E-state index in [4.69, 9.17) is 9.84 Å². The van der Waals surface area contributed by atoms with Gasteiger partial charge in [0.2, 0.25) is 0 Å². The van der Waals surface area contributed by atoms with Gasteiger partial charge in [-0.05, 0) is 25.2 Å². The quantitative estimate of drug-likeness (QED) is 0.673. The molecule has 0 spiro atoms. The lowest BCUT2D eigenvalue weighted by Crippen LogP contribution is -2.35. The lowest BCUT2D eigenvalue weighted by molar-refractivity contribution is -0.0727. The van der Waals surface area contributed by atoms with Gasteiger partial charge in [0.15, 0.2) is 0 Å². The fraction of sp³-hybridized carbons (Fsp3) is 1.00. The van der Waals surface area contributed by atoms with Crippen molar-refractivity contribution in [1.29, 1.82) is 0 Å². The van der Waals surface area contributed by atoms with Crippen molar-refractivity contribution >= 4 is 0 Å². The zero-order valence-electron chi connectivity index (χ0n) is 7.42. The Kier molecular flexibility index (Phi) is 3.34. The minimum absolute atomic E-state index is 0.0842. The normalized spacial score (nSPS) is 30.5. The van der Waals surface area contributed by atoms with Crippen LogP contribution in [0.1, 0.15) is 33.1 Å². The maximum Gasteiger partial charge on any atom is 0.0624 e. The zero-order chi connectivity index (χ0) is 8.27. The molecular formula is C9H18O2. The van der Waals surface area contributed by atoms with Crippen LogP contribution in [0.2, 0.25) is 0 Å². The highest BCUT2D eigenvalue weighted by atomic mass is 16.5. The predicted octanol–water partition coefficient (Wildman–Crippen LogP) is 1.57. The molecule has 1 aliphatic carbocycles. The first-order chi connectivity index (χ1) is 5.18. The highest BCUT2D eigenvalue weighted by molar-refractivity contribution is 4.78. The van der Waals surface area contributed by atoms with Gasteiger partial charge in [-0.1, -0.05) is 13.8 Å². The van der Waals surface area contributed by atoms with E-state index in [0.29, 0.717) is 6.10 Å². The van der Waals surface area contributed by atoms with E-state index in [-0.39, 0.29) is 6.10 Å². The van der Waals surface area contributed by atoms with Crippen molar-refractivity contribution < 1.29 is 9.84 Å². The van der Waals surface area contributed by atoms with Gasteiger partial charge in [0.05, 0.1) is 12.2 Å². The Bertz CT molecular complexity index is 106. The van der Waals surface area contributed by atoms with Gasteiger partial charge in [-0.25, -0.2) is 0 Å². The van der Waals surface area contributed by atoms with E-state index in [1.807, 2.05) is 0 Å². The molecule has 0 heterocycles. The first kappa shape index (κ1) is 9.01. The van der Waals surface area contributed by atoms with Crippen LogP contribution in [-0.2, 0) is 4.74 Å². The van der Waals surface area contributed by atoms with Crippen LogP contribution in [0.15, 0.2) is 0 Å². The van der Waals surface area contributed by atoms with Gasteiger partial charge in [0, 0.05) is 6.61 Å². The highest BCUT2D eigenvalue weighted by Gasteiger charge is 2.27. The standard InChI is InChI=1S/C9H18O2/c1-7(2)3-4-11-9-5-8(10)6-9/h7-10H,3-6H2,1-2H3. The van der Waals surface area contributed by atoms with Crippen LogP contribution in [-0.4, -0.2) is 23.9 Å². The monoisotopic (exact) mass is 158 g/mol. The topological polar surface area (TPSA) is 29.5 Å². The second-order valence-corrected chi connectivity index (χ2v) is 3.80. The van der Waals surface area contributed by atoms with E-state index in [9.17, 15) is 0 Å². The molecule has 2 heteroatoms. The largest absolute Gasteiger partial charge is 0.393 e. The van der Waals surface area contributed by atoms with Crippen LogP contribution in [0.4, 0.5) is 0 Å². The third kappa shape index (κ3) is 3.21. The van der Waals surface area contributed by atoms with Gasteiger partial charge in [-0.3, -0.25) is 0 Å². The summed E-state index contributed by atoms with van der Waals surface area (Å²) in [7, 11) is 0. The second kappa shape index (κ2) is 4.07. The maximum atomic E-state index is 8.95. The molecule has 66 valence electrons. The van der Waals surface area contributed by atoms with E-state index in [1.165, 1.54) is 0 Å². The summed E-state index contributed by atoms with van der Waals surface area (Å²) < 4.78 is 5.50. The Hall–Kier alpha value is -0.0800. The van der Waals surface area contributed by atoms with Crippen LogP contribution in [0, 0.1) is 5.92 Å². The van der Waals surface area contributed by atoms with Gasteiger partial charge in [-0.2, -0.15) is 0 Å². The molecule has 0 bridgehead atoms. The molecule has 1 saturated carbocycles. The number of hydrogen-bond acceptors (Lipinski definition) is 2. The van der Waals surface area contributed by atoms with Crippen molar-refractivity contribution in [1.82, 2.24) is 0 Å². The fourth-order valence-corrected chi connectivity index (χ4v) is 1.14. The molecule has 0 aromatic heterocycles. The Morgan fingerprint density at radius 1 is 1.45 bits per heavy atom. The van der Waals surface area contributed by atoms with E-state index in [0.717, 1.165) is 31.8 Å². The van der Waals surface area contributed by atoms with Crippen molar-refractivity contribution in [3.05, 3.63) is 0 Å². The summed E-state index contributed by atoms with van der Waals surface area (Å²) in [5, 5.41) is 8.95. The second-order valence-electron chi connectivity index (χ2n) is 3.80. The molecule has 0 radical (unpaired) electrons. The summed E-state index contributed by atoms with van der Waals surface area (Å²) >= 11 is 0. The molecule has 1 rings (SSSR count). The molecule has 0 unspecified atom stereocenters. The SMILES string of the molecule is CC(C)CCOC1CC(O)C1. The number of aliphatic hydroxyl groups excluding tert-OH is 1. The van der Waals surface area contributed by atoms with Gasteiger partial charge in [0.25, 0.3) is 0 Å². The summed E-state index contributed by atoms with van der Waals surface area (Å²) in [6.45, 7) is 5.24. The van der Waals surface area contributed by atoms with Crippen molar-refractivity contribution in [2.75, 3.05) is 6.61 Å². The third-order valence-corrected chi connectivity index (χ3v) is 2.12. The van der Waals surface area contributed by atoms with Crippen LogP contribution >= 0.6 is 0 Å². The molecule has 0 saturated heterocycles. The summed E-state index contributed by atoms with van der Waals surface area (Å²) in [6, 6.07) is 0. The molecule has 0 aromatic rings. The minimum Gasteiger partial charge on any atom is -0.393 e. The average molecular weight is 158 g/mol. The lowest BCUT2D eigenvalue weighted by Gasteiger charge is -2.31. The number of aliphatic hydroxyl groups is 1. The van der Waals surface area contributed by atoms with E-state index < -0.39 is 0 Å². The molecule has 0 atom stereocenters. The Morgan fingerprint density at radius 3 is 2.55 bits per heavy atom. The zero-order valence-corrected chi connectivity index (χ0v) is 7.42. The van der Waals surface area contributed by atoms with Gasteiger partial charge < -0.3 is 9.84 Å². The number of hydrogen-bond donors (Lipinski definition) is 1. The van der Waals surface area contributed by atoms with Crippen LogP contribution in [0.5, 0.6) is 0 Å². The smallest absolute Gasteiger partial charge is 0.0624 e. The third-order valence-electron chi connectivity index (χ3n) is 2.12. The maximum absolute atomic E-state index is 8.95. The van der Waals surface area contributed by atoms with Crippen molar-refractivity contribution in [2.45, 2.75) is 45.3 Å². The van der Waals surface area contributed by atoms with E-state index in [1.54, 1.807) is 0 Å². The molecule has 0 amide bonds. The van der Waals surface area contributed by atoms with Crippen LogP contribution in [0.3, 0.4) is 0 Å². The van der Waals surface area contributed by atoms with E-state index in [2.05, 4.69) is 13.8 Å². The van der Waals surface area contributed by atoms with Crippen LogP contribution < -0.4 is 0 Å². The fourth-order valence-electron chi connectivity index (χ4n) is 1.14. The molecule has 1 aliphatic rings. The average Bonchev–Trinajstić information content (AvgIpc) is 1.83. The molecule has 11 heavy (non-hydrogen) atoms. The van der Waals surface area contributed by atoms with Gasteiger partial charge >= 0.3 is 0 Å². The van der Waals surface area contributed by atoms with Gasteiger partial charge in [0.1, 0.15) is 0 Å². The van der Waals surface area contributed by atoms with Crippen molar-refractivity contribution in [2.24, 2.45) is 5.92 Å². The molecule has 1 N–H and O–H groups in total. The summed E-state index contributed by atoms with van der Waals surface area (Å²) in [6.07, 6.45) is 3.09. The Labute approximate surface area is 68.6 Å². The first-order valence-electron chi connectivity index (χ1n) is 4.48. The number of ether oxygens (including phenoxy) is 1.